The van der Waals surface area contributed by atoms with Gasteiger partial charge in [0.1, 0.15) is 5.78 Å². The van der Waals surface area contributed by atoms with E-state index in [0.717, 1.165) is 36.9 Å². The van der Waals surface area contributed by atoms with Crippen LogP contribution in [0.2, 0.25) is 0 Å². The van der Waals surface area contributed by atoms with Gasteiger partial charge in [-0.2, -0.15) is 0 Å². The molecule has 8 heteroatoms. The van der Waals surface area contributed by atoms with E-state index in [1.807, 2.05) is 114 Å². The summed E-state index contributed by atoms with van der Waals surface area (Å²) in [5.74, 6) is -1.70. The van der Waals surface area contributed by atoms with Crippen molar-refractivity contribution in [1.82, 2.24) is 15.5 Å². The molecule has 0 heterocycles. The normalized spacial score (nSPS) is 16.0. The molecule has 51 heavy (non-hydrogen) atoms. The molecule has 2 amide bonds. The molecule has 3 rings (SSSR count). The average Bonchev–Trinajstić information content (AvgIpc) is 3.83. The van der Waals surface area contributed by atoms with Gasteiger partial charge in [0, 0.05) is 36.5 Å². The summed E-state index contributed by atoms with van der Waals surface area (Å²) >= 11 is 0. The largest absolute Gasteiger partial charge is 0.346 e. The molecule has 8 nitrogen and oxygen atoms in total. The zero-order valence-corrected chi connectivity index (χ0v) is 32.2. The van der Waals surface area contributed by atoms with E-state index in [1.54, 1.807) is 0 Å². The van der Waals surface area contributed by atoms with Gasteiger partial charge in [0.15, 0.2) is 11.6 Å². The summed E-state index contributed by atoms with van der Waals surface area (Å²) in [6.07, 6.45) is 5.24. The van der Waals surface area contributed by atoms with Gasteiger partial charge in [-0.15, -0.1) is 0 Å². The fourth-order valence-electron chi connectivity index (χ4n) is 6.70. The minimum atomic E-state index is -0.801. The summed E-state index contributed by atoms with van der Waals surface area (Å²) in [7, 11) is 3.94. The standard InChI is InChI=1S/C43H63N3O5/c1-30(2)25-37(44-41(50)34(21-20-32-15-10-8-11-16-32)28-36(47)19-14-24-46(6)7)39(48)29-35(27-33-17-12-9-13-18-33)42(51)45-38(26-31(3)4)40(49)43(5)22-23-43/h8-13,15-18,30-31,34-35,37-38H,14,19-29H2,1-7H3,(H,44,50)(H,45,51)/t34?,35-,37+,38+/m1/s1. The molecule has 1 aliphatic rings. The van der Waals surface area contributed by atoms with Crippen molar-refractivity contribution in [1.29, 1.82) is 0 Å². The molecule has 4 atom stereocenters. The van der Waals surface area contributed by atoms with Gasteiger partial charge >= 0.3 is 0 Å². The number of aryl methyl sites for hydroxylation is 1. The summed E-state index contributed by atoms with van der Waals surface area (Å²) < 4.78 is 0. The quantitative estimate of drug-likeness (QED) is 0.125. The van der Waals surface area contributed by atoms with E-state index in [-0.39, 0.29) is 53.8 Å². The lowest BCUT2D eigenvalue weighted by atomic mass is 9.87. The van der Waals surface area contributed by atoms with Crippen molar-refractivity contribution in [3.63, 3.8) is 0 Å². The molecule has 280 valence electrons. The molecule has 0 saturated heterocycles. The molecule has 1 unspecified atom stereocenters. The van der Waals surface area contributed by atoms with Gasteiger partial charge in [-0.05, 0) is 95.0 Å². The molecule has 0 aliphatic heterocycles. The zero-order chi connectivity index (χ0) is 37.6. The van der Waals surface area contributed by atoms with Crippen LogP contribution in [0.25, 0.3) is 0 Å². The molecule has 2 aromatic rings. The van der Waals surface area contributed by atoms with Gasteiger partial charge < -0.3 is 15.5 Å². The Morgan fingerprint density at radius 1 is 0.725 bits per heavy atom. The van der Waals surface area contributed by atoms with E-state index in [2.05, 4.69) is 10.6 Å². The Morgan fingerprint density at radius 2 is 1.25 bits per heavy atom. The van der Waals surface area contributed by atoms with Crippen molar-refractivity contribution in [2.45, 2.75) is 117 Å². The van der Waals surface area contributed by atoms with Crippen LogP contribution in [0.4, 0.5) is 0 Å². The zero-order valence-electron chi connectivity index (χ0n) is 32.2. The minimum absolute atomic E-state index is 0.0435. The lowest BCUT2D eigenvalue weighted by Crippen LogP contribution is -2.49. The number of amides is 2. The number of rotatable bonds is 24. The van der Waals surface area contributed by atoms with Crippen molar-refractivity contribution in [3.8, 4) is 0 Å². The average molecular weight is 702 g/mol. The monoisotopic (exact) mass is 701 g/mol. The van der Waals surface area contributed by atoms with E-state index in [4.69, 9.17) is 0 Å². The van der Waals surface area contributed by atoms with Crippen molar-refractivity contribution in [2.24, 2.45) is 29.1 Å². The van der Waals surface area contributed by atoms with Crippen LogP contribution in [-0.4, -0.2) is 66.8 Å². The molecule has 2 N–H and O–H groups in total. The topological polar surface area (TPSA) is 113 Å². The predicted molar refractivity (Wildman–Crippen MR) is 204 cm³/mol. The first-order valence-corrected chi connectivity index (χ1v) is 19.1. The van der Waals surface area contributed by atoms with Gasteiger partial charge in [-0.1, -0.05) is 95.3 Å². The molecular weight excluding hydrogens is 638 g/mol. The Bertz CT molecular complexity index is 1420. The maximum atomic E-state index is 14.2. The van der Waals surface area contributed by atoms with Crippen LogP contribution in [0.5, 0.6) is 0 Å². The molecule has 1 fully saturated rings. The number of carbonyl (C=O) groups is 5. The van der Waals surface area contributed by atoms with Crippen LogP contribution in [0.15, 0.2) is 60.7 Å². The highest BCUT2D eigenvalue weighted by Gasteiger charge is 2.48. The molecule has 0 spiro atoms. The number of ketones is 3. The van der Waals surface area contributed by atoms with Crippen molar-refractivity contribution in [2.75, 3.05) is 20.6 Å². The van der Waals surface area contributed by atoms with Crippen LogP contribution in [0.1, 0.15) is 104 Å². The lowest BCUT2D eigenvalue weighted by Gasteiger charge is -2.27. The molecular formula is C43H63N3O5. The Hall–Kier alpha value is -3.65. The summed E-state index contributed by atoms with van der Waals surface area (Å²) in [6, 6.07) is 18.1. The van der Waals surface area contributed by atoms with Crippen LogP contribution >= 0.6 is 0 Å². The molecule has 0 aromatic heterocycles. The summed E-state index contributed by atoms with van der Waals surface area (Å²) in [5, 5.41) is 6.12. The lowest BCUT2D eigenvalue weighted by molar-refractivity contribution is -0.135. The van der Waals surface area contributed by atoms with Crippen LogP contribution < -0.4 is 10.6 Å². The smallest absolute Gasteiger partial charge is 0.224 e. The molecule has 2 aromatic carbocycles. The van der Waals surface area contributed by atoms with E-state index in [1.165, 1.54) is 0 Å². The highest BCUT2D eigenvalue weighted by molar-refractivity contribution is 5.97. The van der Waals surface area contributed by atoms with Crippen LogP contribution in [0.3, 0.4) is 0 Å². The number of nitrogens with zero attached hydrogens (tertiary/aromatic N) is 1. The number of hydrogen-bond donors (Lipinski definition) is 2. The molecule has 0 bridgehead atoms. The number of benzene rings is 2. The summed E-state index contributed by atoms with van der Waals surface area (Å²) in [4.78, 5) is 70.8. The first kappa shape index (κ1) is 41.8. The second-order valence-electron chi connectivity index (χ2n) is 16.2. The predicted octanol–water partition coefficient (Wildman–Crippen LogP) is 6.79. The number of hydrogen-bond acceptors (Lipinski definition) is 6. The number of Topliss-reactive ketones (excluding diaryl/α,β-unsaturated/α-hetero) is 3. The number of nitrogens with one attached hydrogen (secondary N) is 2. The van der Waals surface area contributed by atoms with E-state index >= 15 is 0 Å². The van der Waals surface area contributed by atoms with Gasteiger partial charge in [0.05, 0.1) is 12.1 Å². The van der Waals surface area contributed by atoms with E-state index in [0.29, 0.717) is 38.5 Å². The van der Waals surface area contributed by atoms with E-state index in [9.17, 15) is 24.0 Å². The van der Waals surface area contributed by atoms with Crippen LogP contribution in [0, 0.1) is 29.1 Å². The Balaban J connectivity index is 1.81. The highest BCUT2D eigenvalue weighted by Crippen LogP contribution is 2.47. The minimum Gasteiger partial charge on any atom is -0.346 e. The Kier molecular flexibility index (Phi) is 16.7. The Labute approximate surface area is 306 Å². The van der Waals surface area contributed by atoms with Crippen molar-refractivity contribution < 1.29 is 24.0 Å². The second kappa shape index (κ2) is 20.4. The van der Waals surface area contributed by atoms with Gasteiger partial charge in [-0.3, -0.25) is 24.0 Å². The Morgan fingerprint density at radius 3 is 1.80 bits per heavy atom. The van der Waals surface area contributed by atoms with Crippen LogP contribution in [-0.2, 0) is 36.8 Å². The van der Waals surface area contributed by atoms with Gasteiger partial charge in [0.25, 0.3) is 0 Å². The number of carbonyl (C=O) groups excluding carboxylic acids is 5. The third-order valence-corrected chi connectivity index (χ3v) is 10.0. The van der Waals surface area contributed by atoms with E-state index < -0.39 is 29.3 Å². The third-order valence-electron chi connectivity index (χ3n) is 10.0. The molecule has 1 aliphatic carbocycles. The van der Waals surface area contributed by atoms with Gasteiger partial charge in [-0.25, -0.2) is 0 Å². The fourth-order valence-corrected chi connectivity index (χ4v) is 6.70. The molecule has 1 saturated carbocycles. The van der Waals surface area contributed by atoms with Gasteiger partial charge in [0.2, 0.25) is 11.8 Å². The van der Waals surface area contributed by atoms with Crippen molar-refractivity contribution >= 4 is 29.2 Å². The fraction of sp³-hybridized carbons (Fsp3) is 0.605. The first-order valence-electron chi connectivity index (χ1n) is 19.1. The maximum absolute atomic E-state index is 14.2. The summed E-state index contributed by atoms with van der Waals surface area (Å²) in [5.41, 5.74) is 1.61. The maximum Gasteiger partial charge on any atom is 0.224 e. The van der Waals surface area contributed by atoms with Crippen molar-refractivity contribution in [3.05, 3.63) is 71.8 Å². The first-order chi connectivity index (χ1) is 24.2. The molecule has 0 radical (unpaired) electrons. The second-order valence-corrected chi connectivity index (χ2v) is 16.2. The SMILES string of the molecule is CC(C)C[C@H](NC(=O)C(CCc1ccccc1)CC(=O)CCCN(C)C)C(=O)C[C@@H](Cc1ccccc1)C(=O)N[C@@H](CC(C)C)C(=O)C1(C)CC1. The third kappa shape index (κ3) is 14.9. The highest BCUT2D eigenvalue weighted by atomic mass is 16.2. The summed E-state index contributed by atoms with van der Waals surface area (Å²) in [6.45, 7) is 10.8.